The van der Waals surface area contributed by atoms with Crippen LogP contribution in [-0.2, 0) is 0 Å². The van der Waals surface area contributed by atoms with Crippen LogP contribution in [0.5, 0.6) is 0 Å². The van der Waals surface area contributed by atoms with Gasteiger partial charge in [0.25, 0.3) is 5.91 Å². The molecule has 1 saturated carbocycles. The molecule has 6 nitrogen and oxygen atoms in total. The van der Waals surface area contributed by atoms with Gasteiger partial charge in [0.05, 0.1) is 11.7 Å². The molecule has 1 amide bonds. The smallest absolute Gasteiger partial charge is 0.273 e. The summed E-state index contributed by atoms with van der Waals surface area (Å²) in [6.45, 7) is 1.95. The van der Waals surface area contributed by atoms with Gasteiger partial charge in [-0.1, -0.05) is 17.3 Å². The second kappa shape index (κ2) is 5.96. The minimum atomic E-state index is -0.220. The number of nitrogens with zero attached hydrogens (tertiary/aromatic N) is 3. The summed E-state index contributed by atoms with van der Waals surface area (Å²) in [6, 6.07) is 11.4. The van der Waals surface area contributed by atoms with E-state index in [-0.39, 0.29) is 11.9 Å². The van der Waals surface area contributed by atoms with Crippen LogP contribution in [0.1, 0.15) is 53.5 Å². The molecule has 2 aromatic heterocycles. The highest BCUT2D eigenvalue weighted by Gasteiger charge is 2.29. The Kier molecular flexibility index (Phi) is 3.65. The van der Waals surface area contributed by atoms with E-state index in [9.17, 15) is 4.79 Å². The minimum absolute atomic E-state index is 0.144. The predicted molar refractivity (Wildman–Crippen MR) is 87.9 cm³/mol. The Morgan fingerprint density at radius 2 is 2.21 bits per heavy atom. The van der Waals surface area contributed by atoms with E-state index in [1.807, 2.05) is 43.5 Å². The largest absolute Gasteiger partial charge is 0.360 e. The van der Waals surface area contributed by atoms with Crippen LogP contribution >= 0.6 is 0 Å². The quantitative estimate of drug-likeness (QED) is 0.783. The van der Waals surface area contributed by atoms with E-state index in [0.717, 1.165) is 29.9 Å². The van der Waals surface area contributed by atoms with E-state index in [1.165, 1.54) is 0 Å². The maximum absolute atomic E-state index is 12.3. The van der Waals surface area contributed by atoms with Crippen molar-refractivity contribution in [2.24, 2.45) is 0 Å². The number of amides is 1. The van der Waals surface area contributed by atoms with Crippen LogP contribution in [0.25, 0.3) is 5.69 Å². The molecule has 4 rings (SSSR count). The van der Waals surface area contributed by atoms with Crippen LogP contribution < -0.4 is 5.32 Å². The molecule has 1 aromatic carbocycles. The zero-order valence-electron chi connectivity index (χ0n) is 13.3. The van der Waals surface area contributed by atoms with E-state index >= 15 is 0 Å². The summed E-state index contributed by atoms with van der Waals surface area (Å²) in [6.07, 6.45) is 5.86. The van der Waals surface area contributed by atoms with Crippen molar-refractivity contribution in [3.8, 4) is 5.69 Å². The number of aromatic nitrogens is 3. The fraction of sp³-hybridized carbons (Fsp3) is 0.278. The van der Waals surface area contributed by atoms with Crippen molar-refractivity contribution in [1.82, 2.24) is 20.3 Å². The maximum Gasteiger partial charge on any atom is 0.273 e. The van der Waals surface area contributed by atoms with Gasteiger partial charge < -0.3 is 9.84 Å². The molecule has 1 atom stereocenters. The third-order valence-electron chi connectivity index (χ3n) is 4.23. The minimum Gasteiger partial charge on any atom is -0.360 e. The highest BCUT2D eigenvalue weighted by Crippen LogP contribution is 2.40. The lowest BCUT2D eigenvalue weighted by molar-refractivity contribution is 0.0930. The van der Waals surface area contributed by atoms with Crippen LogP contribution in [0.15, 0.2) is 53.3 Å². The first kappa shape index (κ1) is 14.7. The summed E-state index contributed by atoms with van der Waals surface area (Å²) in [4.78, 5) is 12.3. The third-order valence-corrected chi connectivity index (χ3v) is 4.23. The van der Waals surface area contributed by atoms with Crippen molar-refractivity contribution in [1.29, 1.82) is 0 Å². The molecule has 1 fully saturated rings. The number of rotatable bonds is 5. The number of hydrogen-bond donors (Lipinski definition) is 1. The molecule has 1 aliphatic rings. The summed E-state index contributed by atoms with van der Waals surface area (Å²) < 4.78 is 7.03. The molecule has 0 aliphatic heterocycles. The lowest BCUT2D eigenvalue weighted by Crippen LogP contribution is -2.27. The monoisotopic (exact) mass is 322 g/mol. The van der Waals surface area contributed by atoms with Gasteiger partial charge in [0.15, 0.2) is 5.69 Å². The predicted octanol–water partition coefficient (Wildman–Crippen LogP) is 3.23. The van der Waals surface area contributed by atoms with E-state index in [4.69, 9.17) is 4.52 Å². The van der Waals surface area contributed by atoms with Gasteiger partial charge in [0, 0.05) is 24.4 Å². The molecule has 0 bridgehead atoms. The molecular formula is C18H18N4O2. The molecule has 2 heterocycles. The maximum atomic E-state index is 12.3. The van der Waals surface area contributed by atoms with Gasteiger partial charge in [0.1, 0.15) is 5.76 Å². The van der Waals surface area contributed by atoms with E-state index in [2.05, 4.69) is 15.6 Å². The summed E-state index contributed by atoms with van der Waals surface area (Å²) in [7, 11) is 0. The molecule has 0 unspecified atom stereocenters. The lowest BCUT2D eigenvalue weighted by Gasteiger charge is -2.14. The van der Waals surface area contributed by atoms with Crippen molar-refractivity contribution < 1.29 is 9.32 Å². The summed E-state index contributed by atoms with van der Waals surface area (Å²) >= 11 is 0. The fourth-order valence-corrected chi connectivity index (χ4v) is 2.67. The second-order valence-electron chi connectivity index (χ2n) is 6.13. The molecule has 1 aliphatic carbocycles. The van der Waals surface area contributed by atoms with Crippen molar-refractivity contribution in [3.63, 3.8) is 0 Å². The SMILES string of the molecule is C[C@H](NC(=O)c1cc(C2CC2)on1)c1cccc(-n2cccn2)c1. The van der Waals surface area contributed by atoms with E-state index < -0.39 is 0 Å². The van der Waals surface area contributed by atoms with E-state index in [1.54, 1.807) is 16.9 Å². The van der Waals surface area contributed by atoms with Gasteiger partial charge in [-0.3, -0.25) is 4.79 Å². The Morgan fingerprint density at radius 1 is 1.33 bits per heavy atom. The first-order valence-electron chi connectivity index (χ1n) is 8.08. The lowest BCUT2D eigenvalue weighted by atomic mass is 10.1. The normalized spacial score (nSPS) is 15.2. The average molecular weight is 322 g/mol. The van der Waals surface area contributed by atoms with Crippen LogP contribution in [0.3, 0.4) is 0 Å². The Labute approximate surface area is 139 Å². The van der Waals surface area contributed by atoms with Crippen LogP contribution in [0, 0.1) is 0 Å². The molecule has 0 spiro atoms. The molecule has 0 radical (unpaired) electrons. The molecular weight excluding hydrogens is 304 g/mol. The zero-order valence-corrected chi connectivity index (χ0v) is 13.3. The van der Waals surface area contributed by atoms with Gasteiger partial charge in [0.2, 0.25) is 0 Å². The number of carbonyl (C=O) groups is 1. The van der Waals surface area contributed by atoms with Gasteiger partial charge in [-0.05, 0) is 43.5 Å². The Bertz CT molecular complexity index is 850. The van der Waals surface area contributed by atoms with Crippen LogP contribution in [0.4, 0.5) is 0 Å². The third kappa shape index (κ3) is 2.95. The van der Waals surface area contributed by atoms with Gasteiger partial charge in [-0.15, -0.1) is 0 Å². The number of benzene rings is 1. The Balaban J connectivity index is 1.48. The molecule has 122 valence electrons. The summed E-state index contributed by atoms with van der Waals surface area (Å²) in [5.41, 5.74) is 2.30. The van der Waals surface area contributed by atoms with Gasteiger partial charge in [-0.25, -0.2) is 4.68 Å². The second-order valence-corrected chi connectivity index (χ2v) is 6.13. The van der Waals surface area contributed by atoms with Crippen LogP contribution in [0.2, 0.25) is 0 Å². The summed E-state index contributed by atoms with van der Waals surface area (Å²) in [5, 5.41) is 11.1. The summed E-state index contributed by atoms with van der Waals surface area (Å²) in [5.74, 6) is 1.04. The molecule has 6 heteroatoms. The highest BCUT2D eigenvalue weighted by molar-refractivity contribution is 5.92. The van der Waals surface area contributed by atoms with Crippen molar-refractivity contribution >= 4 is 5.91 Å². The Morgan fingerprint density at radius 3 is 2.96 bits per heavy atom. The van der Waals surface area contributed by atoms with E-state index in [0.29, 0.717) is 11.6 Å². The number of hydrogen-bond acceptors (Lipinski definition) is 4. The van der Waals surface area contributed by atoms with Crippen LogP contribution in [-0.4, -0.2) is 20.8 Å². The highest BCUT2D eigenvalue weighted by atomic mass is 16.5. The molecule has 1 N–H and O–H groups in total. The number of nitrogens with one attached hydrogen (secondary N) is 1. The van der Waals surface area contributed by atoms with Gasteiger partial charge in [-0.2, -0.15) is 5.10 Å². The zero-order chi connectivity index (χ0) is 16.5. The van der Waals surface area contributed by atoms with Crippen molar-refractivity contribution in [2.45, 2.75) is 31.7 Å². The van der Waals surface area contributed by atoms with Crippen molar-refractivity contribution in [3.05, 3.63) is 65.8 Å². The molecule has 24 heavy (non-hydrogen) atoms. The first-order chi connectivity index (χ1) is 11.7. The van der Waals surface area contributed by atoms with Crippen molar-refractivity contribution in [2.75, 3.05) is 0 Å². The molecule has 3 aromatic rings. The fourth-order valence-electron chi connectivity index (χ4n) is 2.67. The average Bonchev–Trinajstić information content (AvgIpc) is 3.12. The van der Waals surface area contributed by atoms with Gasteiger partial charge >= 0.3 is 0 Å². The standard InChI is InChI=1S/C18H18N4O2/c1-12(14-4-2-5-15(10-14)22-9-3-8-19-22)20-18(23)16-11-17(24-21-16)13-6-7-13/h2-5,8-13H,6-7H2,1H3,(H,20,23)/t12-/m0/s1. The Hall–Kier alpha value is -2.89. The number of carbonyl (C=O) groups excluding carboxylic acids is 1. The first-order valence-corrected chi connectivity index (χ1v) is 8.08. The topological polar surface area (TPSA) is 73.0 Å². The molecule has 0 saturated heterocycles.